The predicted octanol–water partition coefficient (Wildman–Crippen LogP) is 1.61. The highest BCUT2D eigenvalue weighted by molar-refractivity contribution is 7.80. The first-order chi connectivity index (χ1) is 21.1. The summed E-state index contributed by atoms with van der Waals surface area (Å²) >= 11 is 0.993. The number of nitrogens with two attached hydrogens (primary N) is 1. The molecule has 2 atom stereocenters. The molecule has 18 heteroatoms. The van der Waals surface area contributed by atoms with Crippen LogP contribution in [0.3, 0.4) is 0 Å². The second-order valence-corrected chi connectivity index (χ2v) is 12.6. The van der Waals surface area contributed by atoms with Crippen molar-refractivity contribution in [2.24, 2.45) is 18.1 Å². The van der Waals surface area contributed by atoms with E-state index in [1.165, 1.54) is 19.2 Å². The number of carbonyl (C=O) groups is 3. The van der Waals surface area contributed by atoms with Gasteiger partial charge in [-0.1, -0.05) is 24.2 Å². The van der Waals surface area contributed by atoms with Crippen molar-refractivity contribution in [2.45, 2.75) is 51.8 Å². The number of oxime groups is 1. The van der Waals surface area contributed by atoms with Crippen LogP contribution in [0, 0.1) is 5.92 Å². The summed E-state index contributed by atoms with van der Waals surface area (Å²) in [5.41, 5.74) is 5.93. The number of carboxylic acids is 1. The lowest BCUT2D eigenvalue weighted by atomic mass is 9.74. The van der Waals surface area contributed by atoms with Gasteiger partial charge >= 0.3 is 16.4 Å². The number of rotatable bonds is 15. The molecule has 2 aromatic heterocycles. The molecule has 1 aliphatic heterocycles. The van der Waals surface area contributed by atoms with Gasteiger partial charge in [0.2, 0.25) is 6.20 Å². The number of hydrogen-bond donors (Lipinski definition) is 3. The van der Waals surface area contributed by atoms with Gasteiger partial charge in [0.15, 0.2) is 23.7 Å². The number of ketones is 1. The number of aryl methyl sites for hydroxylation is 2. The van der Waals surface area contributed by atoms with Crippen molar-refractivity contribution in [1.29, 1.82) is 0 Å². The lowest BCUT2D eigenvalue weighted by molar-refractivity contribution is -0.753. The SMILES string of the molecule is CCCn1cc(-c2ccc(OC[C@H](O/N=C(\C(=O)C[C@@H]3C(=O)N(OS(=O)(=O)O)C3(C)C)c3csc(N)n3)C(=O)O)cc2)c[n+]1C. The highest BCUT2D eigenvalue weighted by atomic mass is 32.3. The van der Waals surface area contributed by atoms with Crippen LogP contribution in [-0.4, -0.2) is 74.4 Å². The first-order valence-electron chi connectivity index (χ1n) is 13.6. The smallest absolute Gasteiger partial charge is 0.418 e. The van der Waals surface area contributed by atoms with E-state index in [0.717, 1.165) is 35.4 Å². The Bertz CT molecular complexity index is 1720. The molecule has 16 nitrogen and oxygen atoms in total. The highest BCUT2D eigenvalue weighted by Gasteiger charge is 2.57. The van der Waals surface area contributed by atoms with Crippen LogP contribution in [0.25, 0.3) is 11.1 Å². The van der Waals surface area contributed by atoms with Gasteiger partial charge in [-0.2, -0.15) is 18.2 Å². The molecule has 0 unspecified atom stereocenters. The third-order valence-electron chi connectivity index (χ3n) is 7.07. The van der Waals surface area contributed by atoms with E-state index < -0.39 is 64.4 Å². The molecule has 1 aromatic carbocycles. The third-order valence-corrected chi connectivity index (χ3v) is 8.08. The molecule has 0 aliphatic carbocycles. The minimum atomic E-state index is -4.98. The van der Waals surface area contributed by atoms with Gasteiger partial charge in [0.1, 0.15) is 18.1 Å². The van der Waals surface area contributed by atoms with Crippen molar-refractivity contribution in [1.82, 2.24) is 14.7 Å². The Hall–Kier alpha value is -4.39. The van der Waals surface area contributed by atoms with Gasteiger partial charge in [-0.25, -0.2) is 9.78 Å². The summed E-state index contributed by atoms with van der Waals surface area (Å²) in [6.45, 7) is 5.37. The van der Waals surface area contributed by atoms with E-state index in [9.17, 15) is 27.9 Å². The summed E-state index contributed by atoms with van der Waals surface area (Å²) in [5.74, 6) is -3.75. The Balaban J connectivity index is 1.45. The summed E-state index contributed by atoms with van der Waals surface area (Å²) in [6.07, 6.45) is 2.90. The Kier molecular flexibility index (Phi) is 9.91. The molecule has 1 saturated heterocycles. The number of nitrogens with zero attached hydrogens (tertiary/aromatic N) is 5. The van der Waals surface area contributed by atoms with Gasteiger partial charge in [0.25, 0.3) is 12.0 Å². The number of anilines is 1. The number of β-lactam (4-membered cyclic amide) rings is 1. The number of hydrogen-bond acceptors (Lipinski definition) is 12. The van der Waals surface area contributed by atoms with Crippen LogP contribution in [0.4, 0.5) is 5.13 Å². The number of Topliss-reactive ketones (excluding diaryl/α,β-unsaturated/α-hetero) is 1. The fourth-order valence-corrected chi connectivity index (χ4v) is 5.63. The van der Waals surface area contributed by atoms with E-state index in [1.54, 1.807) is 12.1 Å². The molecule has 0 radical (unpaired) electrons. The van der Waals surface area contributed by atoms with Crippen LogP contribution in [0.1, 0.15) is 39.3 Å². The Morgan fingerprint density at radius 1 is 1.24 bits per heavy atom. The zero-order valence-electron chi connectivity index (χ0n) is 24.8. The lowest BCUT2D eigenvalue weighted by Crippen LogP contribution is -2.68. The Morgan fingerprint density at radius 3 is 2.49 bits per heavy atom. The monoisotopic (exact) mass is 665 g/mol. The van der Waals surface area contributed by atoms with E-state index >= 15 is 0 Å². The summed E-state index contributed by atoms with van der Waals surface area (Å²) in [7, 11) is -3.03. The number of carboxylic acid groups (broad SMARTS) is 1. The predicted molar refractivity (Wildman–Crippen MR) is 159 cm³/mol. The number of aromatic nitrogens is 3. The first kappa shape index (κ1) is 33.5. The van der Waals surface area contributed by atoms with Crippen molar-refractivity contribution in [2.75, 3.05) is 12.3 Å². The average Bonchev–Trinajstić information content (AvgIpc) is 3.56. The molecule has 4 N–H and O–H groups in total. The number of carbonyl (C=O) groups excluding carboxylic acids is 2. The van der Waals surface area contributed by atoms with Crippen LogP contribution < -0.4 is 15.2 Å². The van der Waals surface area contributed by atoms with Gasteiger partial charge < -0.3 is 20.4 Å². The molecule has 242 valence electrons. The molecule has 45 heavy (non-hydrogen) atoms. The zero-order chi connectivity index (χ0) is 33.1. The fraction of sp³-hybridized carbons (Fsp3) is 0.407. The van der Waals surface area contributed by atoms with Crippen molar-refractivity contribution in [3.05, 3.63) is 47.7 Å². The number of nitrogen functional groups attached to an aromatic ring is 1. The number of ether oxygens (including phenoxy) is 1. The molecule has 1 amide bonds. The molecule has 1 fully saturated rings. The van der Waals surface area contributed by atoms with Crippen molar-refractivity contribution < 1.29 is 51.0 Å². The second-order valence-electron chi connectivity index (χ2n) is 10.7. The van der Waals surface area contributed by atoms with Crippen molar-refractivity contribution in [3.8, 4) is 16.9 Å². The maximum atomic E-state index is 13.3. The van der Waals surface area contributed by atoms with Crippen LogP contribution in [-0.2, 0) is 47.5 Å². The van der Waals surface area contributed by atoms with E-state index in [4.69, 9.17) is 19.9 Å². The molecular weight excluding hydrogens is 632 g/mol. The minimum Gasteiger partial charge on any atom is -0.489 e. The quantitative estimate of drug-likeness (QED) is 0.0694. The van der Waals surface area contributed by atoms with Gasteiger partial charge in [-0.15, -0.1) is 20.3 Å². The van der Waals surface area contributed by atoms with Crippen LogP contribution >= 0.6 is 11.3 Å². The van der Waals surface area contributed by atoms with Gasteiger partial charge in [0, 0.05) is 11.8 Å². The highest BCUT2D eigenvalue weighted by Crippen LogP contribution is 2.40. The number of benzene rings is 1. The first-order valence-corrected chi connectivity index (χ1v) is 15.9. The molecule has 4 rings (SSSR count). The topological polar surface area (TPSA) is 217 Å². The molecular formula is C27H33N6O10S2+. The molecule has 0 spiro atoms. The Morgan fingerprint density at radius 2 is 1.93 bits per heavy atom. The minimum absolute atomic E-state index is 0.0139. The van der Waals surface area contributed by atoms with E-state index in [-0.39, 0.29) is 10.8 Å². The van der Waals surface area contributed by atoms with Gasteiger partial charge in [-0.05, 0) is 38.0 Å². The number of amides is 1. The lowest BCUT2D eigenvalue weighted by Gasteiger charge is -2.50. The van der Waals surface area contributed by atoms with Crippen LogP contribution in [0.15, 0.2) is 47.2 Å². The fourth-order valence-electron chi connectivity index (χ4n) is 4.63. The van der Waals surface area contributed by atoms with Crippen LogP contribution in [0.5, 0.6) is 5.75 Å². The van der Waals surface area contributed by atoms with Gasteiger partial charge in [0.05, 0.1) is 29.8 Å². The molecule has 0 saturated carbocycles. The number of hydroxylamine groups is 2. The van der Waals surface area contributed by atoms with Crippen molar-refractivity contribution in [3.63, 3.8) is 0 Å². The second kappa shape index (κ2) is 13.3. The van der Waals surface area contributed by atoms with E-state index in [2.05, 4.69) is 26.0 Å². The van der Waals surface area contributed by atoms with Gasteiger partial charge in [-0.3, -0.25) is 14.1 Å². The normalized spacial score (nSPS) is 17.1. The largest absolute Gasteiger partial charge is 0.489 e. The third kappa shape index (κ3) is 7.83. The van der Waals surface area contributed by atoms with E-state index in [1.807, 2.05) is 36.3 Å². The number of aliphatic carboxylic acids is 1. The number of thiazole rings is 1. The average molecular weight is 666 g/mol. The molecule has 1 aliphatic rings. The molecule has 0 bridgehead atoms. The molecule has 3 heterocycles. The van der Waals surface area contributed by atoms with Crippen molar-refractivity contribution >= 4 is 50.2 Å². The molecule has 3 aromatic rings. The summed E-state index contributed by atoms with van der Waals surface area (Å²) in [6, 6.07) is 7.05. The zero-order valence-corrected chi connectivity index (χ0v) is 26.4. The standard InChI is InChI=1S/C27H32N6O10S2/c1-5-10-32-13-17(12-31(32)4)16-6-8-18(9-7-16)41-14-22(25(36)37)42-30-23(20-15-44-26(28)29-20)21(34)11-19-24(35)33(27(19,2)3)43-45(38,39)40/h6-9,12-13,15,19,22H,5,10-11,14H2,1-4H3,(H3-,28,29,36,37,38,39,40)/p+1/b30-23-/t19-,22+/m1/s1. The Labute approximate surface area is 262 Å². The summed E-state index contributed by atoms with van der Waals surface area (Å²) in [4.78, 5) is 47.1. The summed E-state index contributed by atoms with van der Waals surface area (Å²) < 4.78 is 45.2. The van der Waals surface area contributed by atoms with E-state index in [0.29, 0.717) is 10.8 Å². The van der Waals surface area contributed by atoms with Crippen LogP contribution in [0.2, 0.25) is 0 Å². The summed E-state index contributed by atoms with van der Waals surface area (Å²) in [5, 5.41) is 15.5. The maximum Gasteiger partial charge on any atom is 0.418 e. The maximum absolute atomic E-state index is 13.3.